The molecule has 3 amide bonds. The Kier molecular flexibility index (Phi) is 6.93. The quantitative estimate of drug-likeness (QED) is 0.467. The fraction of sp³-hybridized carbons (Fsp3) is 0.192. The van der Waals surface area contributed by atoms with E-state index >= 15 is 0 Å². The molecule has 1 aliphatic rings. The fourth-order valence-corrected chi connectivity index (χ4v) is 4.07. The normalized spacial score (nSPS) is 15.5. The number of imide groups is 1. The smallest absolute Gasteiger partial charge is 0.257 e. The van der Waals surface area contributed by atoms with Gasteiger partial charge in [0.25, 0.3) is 11.8 Å². The van der Waals surface area contributed by atoms with Crippen LogP contribution >= 0.6 is 11.6 Å². The largest absolute Gasteiger partial charge is 0.497 e. The second-order valence-corrected chi connectivity index (χ2v) is 8.31. The number of anilines is 1. The van der Waals surface area contributed by atoms with Gasteiger partial charge in [0.1, 0.15) is 17.6 Å². The molecular weight excluding hydrogens is 459 g/mol. The molecule has 0 radical (unpaired) electrons. The van der Waals surface area contributed by atoms with Gasteiger partial charge >= 0.3 is 0 Å². The summed E-state index contributed by atoms with van der Waals surface area (Å²) in [6, 6.07) is 18.0. The maximum absolute atomic E-state index is 13.8. The van der Waals surface area contributed by atoms with E-state index in [1.807, 2.05) is 12.1 Å². The summed E-state index contributed by atoms with van der Waals surface area (Å²) in [5, 5.41) is 0.474. The van der Waals surface area contributed by atoms with E-state index in [0.29, 0.717) is 22.9 Å². The SMILES string of the molecule is COc1ccc(CCN(C(=O)c2cccc(F)c2)[C@@H]2CC(=O)N(c3ccc(Cl)cc3)C2=O)cc1. The number of ether oxygens (including phenoxy) is 1. The molecule has 1 saturated heterocycles. The Morgan fingerprint density at radius 3 is 2.44 bits per heavy atom. The molecule has 4 rings (SSSR count). The van der Waals surface area contributed by atoms with Gasteiger partial charge in [-0.15, -0.1) is 0 Å². The van der Waals surface area contributed by atoms with Crippen molar-refractivity contribution in [3.63, 3.8) is 0 Å². The van der Waals surface area contributed by atoms with E-state index in [1.165, 1.54) is 23.1 Å². The highest BCUT2D eigenvalue weighted by atomic mass is 35.5. The maximum Gasteiger partial charge on any atom is 0.257 e. The number of carbonyl (C=O) groups is 3. The van der Waals surface area contributed by atoms with Crippen LogP contribution in [0.15, 0.2) is 72.8 Å². The van der Waals surface area contributed by atoms with Crippen LogP contribution in [0, 0.1) is 5.82 Å². The first-order chi connectivity index (χ1) is 16.4. The van der Waals surface area contributed by atoms with Crippen LogP contribution in [0.4, 0.5) is 10.1 Å². The predicted octanol–water partition coefficient (Wildman–Crippen LogP) is 4.50. The van der Waals surface area contributed by atoms with Crippen LogP contribution in [0.1, 0.15) is 22.3 Å². The Labute approximate surface area is 201 Å². The van der Waals surface area contributed by atoms with Crippen LogP contribution in [0.3, 0.4) is 0 Å². The number of benzene rings is 3. The Morgan fingerprint density at radius 2 is 1.79 bits per heavy atom. The molecule has 1 fully saturated rings. The summed E-state index contributed by atoms with van der Waals surface area (Å²) >= 11 is 5.93. The van der Waals surface area contributed by atoms with Gasteiger partial charge in [-0.3, -0.25) is 14.4 Å². The lowest BCUT2D eigenvalue weighted by molar-refractivity contribution is -0.122. The molecule has 34 heavy (non-hydrogen) atoms. The Bertz CT molecular complexity index is 1210. The third-order valence-electron chi connectivity index (χ3n) is 5.72. The number of rotatable bonds is 7. The van der Waals surface area contributed by atoms with E-state index in [9.17, 15) is 18.8 Å². The molecule has 0 saturated carbocycles. The van der Waals surface area contributed by atoms with E-state index in [0.717, 1.165) is 16.5 Å². The van der Waals surface area contributed by atoms with E-state index in [1.54, 1.807) is 43.5 Å². The number of methoxy groups -OCH3 is 1. The van der Waals surface area contributed by atoms with Gasteiger partial charge in [-0.05, 0) is 66.6 Å². The molecule has 0 N–H and O–H groups in total. The van der Waals surface area contributed by atoms with Gasteiger partial charge in [-0.2, -0.15) is 0 Å². The van der Waals surface area contributed by atoms with Crippen LogP contribution in [0.5, 0.6) is 5.75 Å². The van der Waals surface area contributed by atoms with Crippen molar-refractivity contribution in [2.45, 2.75) is 18.9 Å². The van der Waals surface area contributed by atoms with Crippen LogP contribution in [0.25, 0.3) is 0 Å². The second-order valence-electron chi connectivity index (χ2n) is 7.87. The minimum atomic E-state index is -1.00. The molecule has 8 heteroatoms. The monoisotopic (exact) mass is 480 g/mol. The summed E-state index contributed by atoms with van der Waals surface area (Å²) < 4.78 is 19.0. The van der Waals surface area contributed by atoms with Gasteiger partial charge in [0, 0.05) is 17.1 Å². The molecular formula is C26H22ClFN2O4. The topological polar surface area (TPSA) is 66.9 Å². The van der Waals surface area contributed by atoms with Crippen molar-refractivity contribution < 1.29 is 23.5 Å². The summed E-state index contributed by atoms with van der Waals surface area (Å²) in [7, 11) is 1.57. The lowest BCUT2D eigenvalue weighted by atomic mass is 10.1. The molecule has 0 bridgehead atoms. The highest BCUT2D eigenvalue weighted by molar-refractivity contribution is 6.31. The van der Waals surface area contributed by atoms with Crippen molar-refractivity contribution >= 4 is 35.0 Å². The summed E-state index contributed by atoms with van der Waals surface area (Å²) in [6.07, 6.45) is 0.273. The lowest BCUT2D eigenvalue weighted by Crippen LogP contribution is -2.46. The van der Waals surface area contributed by atoms with Crippen molar-refractivity contribution in [1.82, 2.24) is 4.90 Å². The minimum Gasteiger partial charge on any atom is -0.497 e. The molecule has 3 aromatic carbocycles. The molecule has 3 aromatic rings. The first-order valence-electron chi connectivity index (χ1n) is 10.7. The van der Waals surface area contributed by atoms with Crippen LogP contribution in [0.2, 0.25) is 5.02 Å². The summed E-state index contributed by atoms with van der Waals surface area (Å²) in [6.45, 7) is 0.166. The first kappa shape index (κ1) is 23.4. The number of nitrogens with zero attached hydrogens (tertiary/aromatic N) is 2. The first-order valence-corrected chi connectivity index (χ1v) is 11.1. The van der Waals surface area contributed by atoms with E-state index in [-0.39, 0.29) is 18.5 Å². The number of hydrogen-bond acceptors (Lipinski definition) is 4. The molecule has 0 aliphatic carbocycles. The van der Waals surface area contributed by atoms with E-state index < -0.39 is 29.6 Å². The molecule has 0 aromatic heterocycles. The zero-order valence-electron chi connectivity index (χ0n) is 18.4. The number of hydrogen-bond donors (Lipinski definition) is 0. The van der Waals surface area contributed by atoms with Gasteiger partial charge in [0.05, 0.1) is 19.2 Å². The van der Waals surface area contributed by atoms with Crippen LogP contribution in [-0.2, 0) is 16.0 Å². The van der Waals surface area contributed by atoms with Crippen LogP contribution in [-0.4, -0.2) is 42.3 Å². The summed E-state index contributed by atoms with van der Waals surface area (Å²) in [5.41, 5.74) is 1.42. The maximum atomic E-state index is 13.8. The zero-order valence-corrected chi connectivity index (χ0v) is 19.2. The molecule has 1 heterocycles. The van der Waals surface area contributed by atoms with Crippen molar-refractivity contribution in [2.75, 3.05) is 18.6 Å². The highest BCUT2D eigenvalue weighted by Gasteiger charge is 2.44. The summed E-state index contributed by atoms with van der Waals surface area (Å²) in [5.74, 6) is -1.30. The molecule has 174 valence electrons. The Hall–Kier alpha value is -3.71. The average molecular weight is 481 g/mol. The summed E-state index contributed by atoms with van der Waals surface area (Å²) in [4.78, 5) is 41.9. The van der Waals surface area contributed by atoms with E-state index in [2.05, 4.69) is 0 Å². The Morgan fingerprint density at radius 1 is 1.09 bits per heavy atom. The van der Waals surface area contributed by atoms with Gasteiger partial charge in [0.2, 0.25) is 5.91 Å². The second kappa shape index (κ2) is 10.1. The number of halogens is 2. The fourth-order valence-electron chi connectivity index (χ4n) is 3.95. The van der Waals surface area contributed by atoms with Gasteiger partial charge in [0.15, 0.2) is 0 Å². The molecule has 6 nitrogen and oxygen atoms in total. The molecule has 0 spiro atoms. The third-order valence-corrected chi connectivity index (χ3v) is 5.97. The van der Waals surface area contributed by atoms with Crippen molar-refractivity contribution in [1.29, 1.82) is 0 Å². The molecule has 0 unspecified atom stereocenters. The van der Waals surface area contributed by atoms with Crippen LogP contribution < -0.4 is 9.64 Å². The number of amides is 3. The minimum absolute atomic E-state index is 0.111. The van der Waals surface area contributed by atoms with Crippen molar-refractivity contribution in [2.24, 2.45) is 0 Å². The number of carbonyl (C=O) groups excluding carboxylic acids is 3. The standard InChI is InChI=1S/C26H22ClFN2O4/c1-34-22-11-5-17(6-12-22)13-14-29(25(32)18-3-2-4-20(28)15-18)23-16-24(31)30(26(23)33)21-9-7-19(27)8-10-21/h2-12,15,23H,13-14,16H2,1H3/t23-/m1/s1. The van der Waals surface area contributed by atoms with Gasteiger partial charge in [-0.25, -0.2) is 9.29 Å². The third kappa shape index (κ3) is 4.94. The van der Waals surface area contributed by atoms with Crippen molar-refractivity contribution in [3.05, 3.63) is 94.8 Å². The van der Waals surface area contributed by atoms with Gasteiger partial charge in [-0.1, -0.05) is 29.8 Å². The Balaban J connectivity index is 1.62. The predicted molar refractivity (Wildman–Crippen MR) is 126 cm³/mol. The highest BCUT2D eigenvalue weighted by Crippen LogP contribution is 2.28. The molecule has 1 aliphatic heterocycles. The van der Waals surface area contributed by atoms with Gasteiger partial charge < -0.3 is 9.64 Å². The van der Waals surface area contributed by atoms with Crippen molar-refractivity contribution in [3.8, 4) is 5.75 Å². The average Bonchev–Trinajstić information content (AvgIpc) is 3.13. The zero-order chi connectivity index (χ0) is 24.2. The lowest BCUT2D eigenvalue weighted by Gasteiger charge is -2.28. The molecule has 1 atom stereocenters. The van der Waals surface area contributed by atoms with E-state index in [4.69, 9.17) is 16.3 Å².